The molecule has 0 aromatic heterocycles. The molecule has 13 heteroatoms. The monoisotopic (exact) mass is 405 g/mol. The zero-order chi connectivity index (χ0) is 19.4. The van der Waals surface area contributed by atoms with E-state index >= 15 is 0 Å². The smallest absolute Gasteiger partial charge is 0.394 e. The third-order valence-electron chi connectivity index (χ3n) is 3.63. The van der Waals surface area contributed by atoms with Crippen molar-refractivity contribution in [1.29, 1.82) is 0 Å². The molecule has 1 heterocycles. The number of hydrogen-bond acceptors (Lipinski definition) is 11. The molecule has 148 valence electrons. The summed E-state index contributed by atoms with van der Waals surface area (Å²) in [5.74, 6) is 0. The highest BCUT2D eigenvalue weighted by Gasteiger charge is 2.44. The Hall–Kier alpha value is -0.510. The predicted octanol–water partition coefficient (Wildman–Crippen LogP) is -1.80. The van der Waals surface area contributed by atoms with E-state index in [1.807, 2.05) is 0 Å². The molecule has 11 nitrogen and oxygen atoms in total. The number of hydrogen-bond donors (Lipinski definition) is 6. The van der Waals surface area contributed by atoms with E-state index in [-0.39, 0.29) is 17.9 Å². The number of ether oxygens (including phenoxy) is 1. The van der Waals surface area contributed by atoms with Crippen LogP contribution in [0.4, 0.5) is 0 Å². The van der Waals surface area contributed by atoms with Gasteiger partial charge in [0.2, 0.25) is 0 Å². The molecule has 0 saturated carbocycles. The molecule has 6 N–H and O–H groups in total. The molecule has 0 spiro atoms. The molecular weight excluding hydrogens is 382 g/mol. The lowest BCUT2D eigenvalue weighted by Crippen LogP contribution is -2.57. The maximum Gasteiger partial charge on any atom is 0.466 e. The fraction of sp³-hybridized carbons (Fsp3) is 0.917. The van der Waals surface area contributed by atoms with Gasteiger partial charge in [-0.25, -0.2) is 4.28 Å². The maximum absolute atomic E-state index is 10.7. The van der Waals surface area contributed by atoms with Crippen LogP contribution in [0.25, 0.3) is 0 Å². The second-order valence-electron chi connectivity index (χ2n) is 5.83. The number of aliphatic hydroxyl groups is 5. The first-order chi connectivity index (χ1) is 11.4. The van der Waals surface area contributed by atoms with Crippen molar-refractivity contribution in [1.82, 2.24) is 0 Å². The largest absolute Gasteiger partial charge is 0.466 e. The van der Waals surface area contributed by atoms with Gasteiger partial charge in [0, 0.05) is 6.42 Å². The van der Waals surface area contributed by atoms with Crippen LogP contribution in [0.15, 0.2) is 5.16 Å². The average molecular weight is 405 g/mol. The fourth-order valence-electron chi connectivity index (χ4n) is 1.93. The van der Waals surface area contributed by atoms with E-state index in [1.165, 1.54) is 6.92 Å². The summed E-state index contributed by atoms with van der Waals surface area (Å²) < 4.78 is 39.2. The molecule has 0 aliphatic carbocycles. The number of aliphatic hydroxyl groups excluding tert-OH is 4. The van der Waals surface area contributed by atoms with Gasteiger partial charge in [-0.1, -0.05) is 23.8 Å². The zero-order valence-corrected chi connectivity index (χ0v) is 15.2. The van der Waals surface area contributed by atoms with Crippen molar-refractivity contribution in [2.24, 2.45) is 5.16 Å². The van der Waals surface area contributed by atoms with Gasteiger partial charge in [-0.05, 0) is 13.3 Å². The van der Waals surface area contributed by atoms with Crippen molar-refractivity contribution in [3.8, 4) is 0 Å². The van der Waals surface area contributed by atoms with Crippen LogP contribution in [-0.2, 0) is 19.4 Å². The second-order valence-corrected chi connectivity index (χ2v) is 8.01. The molecule has 1 aliphatic heterocycles. The minimum atomic E-state index is -4.89. The molecule has 0 aromatic carbocycles. The van der Waals surface area contributed by atoms with E-state index in [4.69, 9.17) is 14.4 Å². The van der Waals surface area contributed by atoms with Crippen LogP contribution in [0.3, 0.4) is 0 Å². The highest BCUT2D eigenvalue weighted by molar-refractivity contribution is 8.14. The van der Waals surface area contributed by atoms with E-state index in [9.17, 15) is 28.8 Å². The minimum Gasteiger partial charge on any atom is -0.394 e. The summed E-state index contributed by atoms with van der Waals surface area (Å²) in [5.41, 5.74) is -2.55. The summed E-state index contributed by atoms with van der Waals surface area (Å²) in [6.07, 6.45) is -5.87. The van der Waals surface area contributed by atoms with E-state index in [0.717, 1.165) is 0 Å². The van der Waals surface area contributed by atoms with Crippen molar-refractivity contribution in [2.75, 3.05) is 6.61 Å². The third-order valence-corrected chi connectivity index (χ3v) is 5.00. The quantitative estimate of drug-likeness (QED) is 0.121. The Morgan fingerprint density at radius 3 is 2.36 bits per heavy atom. The van der Waals surface area contributed by atoms with Gasteiger partial charge in [0.1, 0.15) is 34.9 Å². The molecule has 25 heavy (non-hydrogen) atoms. The maximum atomic E-state index is 10.7. The Morgan fingerprint density at radius 1 is 1.28 bits per heavy atom. The summed E-state index contributed by atoms with van der Waals surface area (Å²) >= 11 is 0.617. The topological polar surface area (TPSA) is 186 Å². The van der Waals surface area contributed by atoms with Crippen molar-refractivity contribution >= 4 is 27.2 Å². The van der Waals surface area contributed by atoms with E-state index in [0.29, 0.717) is 11.8 Å². The summed E-state index contributed by atoms with van der Waals surface area (Å²) in [4.78, 5) is 0. The fourth-order valence-corrected chi connectivity index (χ4v) is 3.41. The van der Waals surface area contributed by atoms with Crippen LogP contribution in [0.1, 0.15) is 26.7 Å². The van der Waals surface area contributed by atoms with E-state index in [2.05, 4.69) is 9.44 Å². The Morgan fingerprint density at radius 2 is 1.88 bits per heavy atom. The van der Waals surface area contributed by atoms with Gasteiger partial charge >= 0.3 is 10.4 Å². The summed E-state index contributed by atoms with van der Waals surface area (Å²) in [5, 5.41) is 51.8. The standard InChI is InChI=1S/C12H23NO10S2/c1-3-12(2,18)4-7(13-23-25(19,20)21)24-11-10(17)9(16)8(15)6(5-14)22-11/h6,8-11,14-18H,3-5H2,1-2H3,(H,19,20,21)/b13-7+/t6-,8-,9+,10-,11+,12?/m1/s1. The molecule has 6 atom stereocenters. The lowest BCUT2D eigenvalue weighted by atomic mass is 10.0. The molecule has 0 bridgehead atoms. The van der Waals surface area contributed by atoms with Gasteiger partial charge in [-0.3, -0.25) is 4.55 Å². The van der Waals surface area contributed by atoms with Gasteiger partial charge in [0.25, 0.3) is 0 Å². The Kier molecular flexibility index (Phi) is 8.04. The molecule has 1 aliphatic rings. The molecule has 1 rings (SSSR count). The first-order valence-electron chi connectivity index (χ1n) is 7.32. The van der Waals surface area contributed by atoms with Gasteiger partial charge in [0.15, 0.2) is 0 Å². The Balaban J connectivity index is 2.99. The average Bonchev–Trinajstić information content (AvgIpc) is 2.52. The van der Waals surface area contributed by atoms with E-state index in [1.54, 1.807) is 6.92 Å². The minimum absolute atomic E-state index is 0.159. The third kappa shape index (κ3) is 6.96. The molecular formula is C12H23NO10S2. The predicted molar refractivity (Wildman–Crippen MR) is 87.0 cm³/mol. The van der Waals surface area contributed by atoms with Crippen LogP contribution < -0.4 is 0 Å². The Labute approximate surface area is 149 Å². The molecule has 1 fully saturated rings. The first-order valence-corrected chi connectivity index (χ1v) is 9.57. The molecule has 0 radical (unpaired) electrons. The normalized spacial score (nSPS) is 33.8. The van der Waals surface area contributed by atoms with Gasteiger partial charge < -0.3 is 30.3 Å². The molecule has 1 saturated heterocycles. The van der Waals surface area contributed by atoms with Crippen LogP contribution in [0.5, 0.6) is 0 Å². The van der Waals surface area contributed by atoms with Gasteiger partial charge in [0.05, 0.1) is 12.2 Å². The van der Waals surface area contributed by atoms with Crippen LogP contribution in [0.2, 0.25) is 0 Å². The van der Waals surface area contributed by atoms with Gasteiger partial charge in [-0.15, -0.1) is 0 Å². The lowest BCUT2D eigenvalue weighted by Gasteiger charge is -2.39. The highest BCUT2D eigenvalue weighted by atomic mass is 32.3. The lowest BCUT2D eigenvalue weighted by molar-refractivity contribution is -0.205. The van der Waals surface area contributed by atoms with E-state index < -0.39 is 52.5 Å². The highest BCUT2D eigenvalue weighted by Crippen LogP contribution is 2.32. The van der Waals surface area contributed by atoms with Crippen molar-refractivity contribution < 1.29 is 47.5 Å². The zero-order valence-electron chi connectivity index (χ0n) is 13.6. The molecule has 1 unspecified atom stereocenters. The molecule has 0 aromatic rings. The summed E-state index contributed by atoms with van der Waals surface area (Å²) in [6, 6.07) is 0. The first kappa shape index (κ1) is 22.5. The van der Waals surface area contributed by atoms with Crippen LogP contribution in [0, 0.1) is 0 Å². The summed E-state index contributed by atoms with van der Waals surface area (Å²) in [7, 11) is -4.89. The Bertz CT molecular complexity index is 564. The number of nitrogens with zero attached hydrogens (tertiary/aromatic N) is 1. The SMILES string of the molecule is CCC(C)(O)C/C(=N\OS(=O)(=O)O)S[C@@H]1O[C@H](CO)[C@@H](O)[C@H](O)[C@H]1O. The summed E-state index contributed by atoms with van der Waals surface area (Å²) in [6.45, 7) is 2.48. The number of rotatable bonds is 7. The van der Waals surface area contributed by atoms with Crippen LogP contribution in [-0.4, -0.2) is 85.6 Å². The van der Waals surface area contributed by atoms with Crippen molar-refractivity contribution in [2.45, 2.75) is 62.1 Å². The number of thioether (sulfide) groups is 1. The van der Waals surface area contributed by atoms with Crippen molar-refractivity contribution in [3.05, 3.63) is 0 Å². The second kappa shape index (κ2) is 8.92. The van der Waals surface area contributed by atoms with Gasteiger partial charge in [-0.2, -0.15) is 8.42 Å². The number of oxime groups is 1. The van der Waals surface area contributed by atoms with Crippen LogP contribution >= 0.6 is 11.8 Å². The molecule has 0 amide bonds. The van der Waals surface area contributed by atoms with Crippen molar-refractivity contribution in [3.63, 3.8) is 0 Å².